The summed E-state index contributed by atoms with van der Waals surface area (Å²) in [6, 6.07) is 7.49. The van der Waals surface area contributed by atoms with Gasteiger partial charge in [-0.05, 0) is 47.9 Å². The molecule has 0 aliphatic heterocycles. The van der Waals surface area contributed by atoms with E-state index in [1.807, 2.05) is 37.4 Å². The summed E-state index contributed by atoms with van der Waals surface area (Å²) in [4.78, 5) is 23.6. The van der Waals surface area contributed by atoms with Crippen LogP contribution in [0.4, 0.5) is 0 Å². The first-order chi connectivity index (χ1) is 10.0. The van der Waals surface area contributed by atoms with Gasteiger partial charge in [0.15, 0.2) is 0 Å². The lowest BCUT2D eigenvalue weighted by Gasteiger charge is -2.26. The van der Waals surface area contributed by atoms with E-state index in [9.17, 15) is 14.7 Å². The van der Waals surface area contributed by atoms with Gasteiger partial charge in [0.05, 0.1) is 5.41 Å². The zero-order valence-electron chi connectivity index (χ0n) is 12.2. The summed E-state index contributed by atoms with van der Waals surface area (Å²) in [6.45, 7) is 3.82. The molecule has 0 fully saturated rings. The Balaban J connectivity index is 2.12. The van der Waals surface area contributed by atoms with Crippen LogP contribution in [0.25, 0.3) is 10.1 Å². The van der Waals surface area contributed by atoms with Crippen LogP contribution in [0.5, 0.6) is 0 Å². The fourth-order valence-corrected chi connectivity index (χ4v) is 3.11. The van der Waals surface area contributed by atoms with Crippen LogP contribution in [-0.2, 0) is 4.79 Å². The predicted octanol–water partition coefficient (Wildman–Crippen LogP) is 3.52. The molecule has 5 heteroatoms. The summed E-state index contributed by atoms with van der Waals surface area (Å²) < 4.78 is 1.13. The molecule has 1 aromatic carbocycles. The smallest absolute Gasteiger partial charge is 0.311 e. The molecule has 0 spiro atoms. The fraction of sp³-hybridized carbons (Fsp3) is 0.375. The Labute approximate surface area is 127 Å². The first-order valence-electron chi connectivity index (χ1n) is 7.01. The highest BCUT2D eigenvalue weighted by Crippen LogP contribution is 2.26. The number of aliphatic carboxylic acids is 1. The maximum atomic E-state index is 12.2. The lowest BCUT2D eigenvalue weighted by molar-refractivity contribution is -0.149. The SMILES string of the molecule is CCC(CC)(CNC(=O)c1ccc2sccc2c1)C(=O)O. The molecule has 0 atom stereocenters. The minimum Gasteiger partial charge on any atom is -0.481 e. The lowest BCUT2D eigenvalue weighted by Crippen LogP contribution is -2.42. The quantitative estimate of drug-likeness (QED) is 0.858. The van der Waals surface area contributed by atoms with Crippen LogP contribution in [0, 0.1) is 5.41 Å². The number of nitrogens with one attached hydrogen (secondary N) is 1. The Bertz CT molecular complexity index is 658. The van der Waals surface area contributed by atoms with E-state index in [1.54, 1.807) is 17.4 Å². The topological polar surface area (TPSA) is 66.4 Å². The Morgan fingerprint density at radius 2 is 1.95 bits per heavy atom. The largest absolute Gasteiger partial charge is 0.481 e. The standard InChI is InChI=1S/C16H19NO3S/c1-3-16(4-2,15(19)20)10-17-14(18)12-5-6-13-11(9-12)7-8-21-13/h5-9H,3-4,10H2,1-2H3,(H,17,18)(H,19,20). The molecule has 1 aromatic heterocycles. The maximum absolute atomic E-state index is 12.2. The highest BCUT2D eigenvalue weighted by Gasteiger charge is 2.35. The molecule has 2 rings (SSSR count). The number of carbonyl (C=O) groups excluding carboxylic acids is 1. The number of fused-ring (bicyclic) bond motifs is 1. The first-order valence-corrected chi connectivity index (χ1v) is 7.89. The van der Waals surface area contributed by atoms with E-state index in [4.69, 9.17) is 0 Å². The molecule has 0 aliphatic rings. The van der Waals surface area contributed by atoms with Crippen molar-refractivity contribution in [3.05, 3.63) is 35.2 Å². The van der Waals surface area contributed by atoms with Crippen molar-refractivity contribution in [2.45, 2.75) is 26.7 Å². The zero-order valence-corrected chi connectivity index (χ0v) is 13.0. The van der Waals surface area contributed by atoms with Crippen LogP contribution in [0.2, 0.25) is 0 Å². The van der Waals surface area contributed by atoms with Crippen molar-refractivity contribution in [3.63, 3.8) is 0 Å². The summed E-state index contributed by atoms with van der Waals surface area (Å²) in [6.07, 6.45) is 0.978. The number of carbonyl (C=O) groups is 2. The monoisotopic (exact) mass is 305 g/mol. The molecule has 4 nitrogen and oxygen atoms in total. The van der Waals surface area contributed by atoms with Crippen LogP contribution < -0.4 is 5.32 Å². The average Bonchev–Trinajstić information content (AvgIpc) is 2.95. The van der Waals surface area contributed by atoms with Gasteiger partial charge in [0, 0.05) is 16.8 Å². The number of rotatable bonds is 6. The number of carboxylic acid groups (broad SMARTS) is 1. The average molecular weight is 305 g/mol. The number of hydrogen-bond donors (Lipinski definition) is 2. The third-order valence-corrected chi connectivity index (χ3v) is 5.01. The van der Waals surface area contributed by atoms with Crippen LogP contribution in [-0.4, -0.2) is 23.5 Å². The maximum Gasteiger partial charge on any atom is 0.311 e. The minimum atomic E-state index is -0.887. The van der Waals surface area contributed by atoms with Gasteiger partial charge in [-0.3, -0.25) is 9.59 Å². The van der Waals surface area contributed by atoms with Gasteiger partial charge in [0.1, 0.15) is 0 Å². The molecular weight excluding hydrogens is 286 g/mol. The third-order valence-electron chi connectivity index (χ3n) is 4.11. The summed E-state index contributed by atoms with van der Waals surface area (Å²) in [5.74, 6) is -1.09. The van der Waals surface area contributed by atoms with E-state index < -0.39 is 11.4 Å². The summed E-state index contributed by atoms with van der Waals surface area (Å²) in [7, 11) is 0. The van der Waals surface area contributed by atoms with E-state index in [0.29, 0.717) is 18.4 Å². The first kappa shape index (κ1) is 15.5. The molecule has 0 radical (unpaired) electrons. The van der Waals surface area contributed by atoms with Crippen LogP contribution in [0.3, 0.4) is 0 Å². The van der Waals surface area contributed by atoms with Crippen LogP contribution in [0.15, 0.2) is 29.6 Å². The van der Waals surface area contributed by atoms with E-state index >= 15 is 0 Å². The molecule has 2 aromatic rings. The van der Waals surface area contributed by atoms with E-state index in [0.717, 1.165) is 10.1 Å². The Morgan fingerprint density at radius 3 is 2.57 bits per heavy atom. The van der Waals surface area contributed by atoms with Crippen molar-refractivity contribution in [1.29, 1.82) is 0 Å². The van der Waals surface area contributed by atoms with Gasteiger partial charge in [-0.2, -0.15) is 0 Å². The number of hydrogen-bond acceptors (Lipinski definition) is 3. The normalized spacial score (nSPS) is 11.5. The third kappa shape index (κ3) is 3.08. The minimum absolute atomic E-state index is 0.149. The number of amides is 1. The van der Waals surface area contributed by atoms with Gasteiger partial charge in [-0.15, -0.1) is 11.3 Å². The van der Waals surface area contributed by atoms with E-state index in [-0.39, 0.29) is 12.5 Å². The van der Waals surface area contributed by atoms with Crippen molar-refractivity contribution in [3.8, 4) is 0 Å². The second kappa shape index (κ2) is 6.26. The molecule has 0 saturated heterocycles. The van der Waals surface area contributed by atoms with Gasteiger partial charge in [-0.1, -0.05) is 13.8 Å². The molecule has 0 saturated carbocycles. The number of thiophene rings is 1. The Hall–Kier alpha value is -1.88. The zero-order chi connectivity index (χ0) is 15.5. The Kier molecular flexibility index (Phi) is 4.63. The van der Waals surface area contributed by atoms with Crippen molar-refractivity contribution < 1.29 is 14.7 Å². The fourth-order valence-electron chi connectivity index (χ4n) is 2.34. The van der Waals surface area contributed by atoms with E-state index in [1.165, 1.54) is 0 Å². The predicted molar refractivity (Wildman–Crippen MR) is 84.8 cm³/mol. The summed E-state index contributed by atoms with van der Waals surface area (Å²) >= 11 is 1.63. The molecule has 1 heterocycles. The molecule has 1 amide bonds. The van der Waals surface area contributed by atoms with E-state index in [2.05, 4.69) is 5.32 Å². The van der Waals surface area contributed by atoms with Crippen molar-refractivity contribution in [2.75, 3.05) is 6.54 Å². The van der Waals surface area contributed by atoms with Gasteiger partial charge < -0.3 is 10.4 Å². The molecule has 21 heavy (non-hydrogen) atoms. The molecule has 0 unspecified atom stereocenters. The van der Waals surface area contributed by atoms with Gasteiger partial charge >= 0.3 is 5.97 Å². The molecular formula is C16H19NO3S. The van der Waals surface area contributed by atoms with Crippen LogP contribution in [0.1, 0.15) is 37.0 Å². The highest BCUT2D eigenvalue weighted by molar-refractivity contribution is 7.17. The molecule has 0 aliphatic carbocycles. The van der Waals surface area contributed by atoms with Gasteiger partial charge in [0.2, 0.25) is 0 Å². The van der Waals surface area contributed by atoms with Crippen molar-refractivity contribution in [2.24, 2.45) is 5.41 Å². The summed E-state index contributed by atoms with van der Waals surface area (Å²) in [5.41, 5.74) is -0.324. The van der Waals surface area contributed by atoms with Gasteiger partial charge in [0.25, 0.3) is 5.91 Å². The Morgan fingerprint density at radius 1 is 1.24 bits per heavy atom. The molecule has 2 N–H and O–H groups in total. The number of benzene rings is 1. The lowest BCUT2D eigenvalue weighted by atomic mass is 9.82. The second-order valence-electron chi connectivity index (χ2n) is 5.15. The summed E-state index contributed by atoms with van der Waals surface area (Å²) in [5, 5.41) is 15.1. The van der Waals surface area contributed by atoms with Crippen molar-refractivity contribution >= 4 is 33.3 Å². The van der Waals surface area contributed by atoms with Gasteiger partial charge in [-0.25, -0.2) is 0 Å². The number of carboxylic acids is 1. The second-order valence-corrected chi connectivity index (χ2v) is 6.10. The van der Waals surface area contributed by atoms with Crippen LogP contribution >= 0.6 is 11.3 Å². The highest BCUT2D eigenvalue weighted by atomic mass is 32.1. The molecule has 112 valence electrons. The van der Waals surface area contributed by atoms with Crippen molar-refractivity contribution in [1.82, 2.24) is 5.32 Å². The molecule has 0 bridgehead atoms.